The van der Waals surface area contributed by atoms with Crippen molar-refractivity contribution in [3.8, 4) is 0 Å². The van der Waals surface area contributed by atoms with Crippen LogP contribution in [0, 0.1) is 0 Å². The van der Waals surface area contributed by atoms with E-state index in [-0.39, 0.29) is 12.5 Å². The number of hydrogen-bond donors (Lipinski definition) is 3. The van der Waals surface area contributed by atoms with Crippen LogP contribution >= 0.6 is 0 Å². The van der Waals surface area contributed by atoms with Crippen molar-refractivity contribution in [2.24, 2.45) is 0 Å². The molecule has 0 heterocycles. The Morgan fingerprint density at radius 1 is 0.471 bits per heavy atom. The number of carbonyl (C=O) groups excluding carboxylic acids is 1. The number of aliphatic hydroxyl groups excluding tert-OH is 2. The van der Waals surface area contributed by atoms with Gasteiger partial charge in [-0.15, -0.1) is 0 Å². The second kappa shape index (κ2) is 42.8. The Kier molecular flexibility index (Phi) is 41.4. The highest BCUT2D eigenvalue weighted by Gasteiger charge is 2.17. The molecule has 298 valence electrons. The van der Waals surface area contributed by atoms with E-state index in [4.69, 9.17) is 0 Å². The molecule has 0 bridgehead atoms. The lowest BCUT2D eigenvalue weighted by Crippen LogP contribution is -2.45. The summed E-state index contributed by atoms with van der Waals surface area (Å²) in [5.74, 6) is -0.0678. The average Bonchev–Trinajstić information content (AvgIpc) is 3.13. The number of aliphatic hydroxyl groups is 2. The van der Waals surface area contributed by atoms with Gasteiger partial charge in [-0.05, 0) is 57.8 Å². The van der Waals surface area contributed by atoms with Crippen LogP contribution in [0.2, 0.25) is 0 Å². The number of rotatable bonds is 40. The van der Waals surface area contributed by atoms with Gasteiger partial charge in [0.05, 0.1) is 18.8 Å². The molecule has 51 heavy (non-hydrogen) atoms. The first-order chi connectivity index (χ1) is 25.2. The fourth-order valence-electron chi connectivity index (χ4n) is 6.60. The lowest BCUT2D eigenvalue weighted by atomic mass is 10.0. The summed E-state index contributed by atoms with van der Waals surface area (Å²) >= 11 is 0. The van der Waals surface area contributed by atoms with Crippen molar-refractivity contribution >= 4 is 5.91 Å². The van der Waals surface area contributed by atoms with Gasteiger partial charge in [-0.1, -0.05) is 210 Å². The van der Waals surface area contributed by atoms with E-state index in [1.807, 2.05) is 6.08 Å². The molecule has 4 heteroatoms. The Morgan fingerprint density at radius 2 is 0.804 bits per heavy atom. The summed E-state index contributed by atoms with van der Waals surface area (Å²) < 4.78 is 0. The Balaban J connectivity index is 3.45. The predicted molar refractivity (Wildman–Crippen MR) is 225 cm³/mol. The minimum Gasteiger partial charge on any atom is -0.394 e. The smallest absolute Gasteiger partial charge is 0.220 e. The van der Waals surface area contributed by atoms with E-state index < -0.39 is 12.1 Å². The molecule has 0 rings (SSSR count). The predicted octanol–water partition coefficient (Wildman–Crippen LogP) is 14.0. The van der Waals surface area contributed by atoms with Gasteiger partial charge in [0.15, 0.2) is 0 Å². The molecule has 4 nitrogen and oxygen atoms in total. The van der Waals surface area contributed by atoms with Crippen molar-refractivity contribution in [3.05, 3.63) is 48.6 Å². The zero-order valence-corrected chi connectivity index (χ0v) is 34.1. The van der Waals surface area contributed by atoms with Gasteiger partial charge in [-0.25, -0.2) is 0 Å². The molecule has 3 N–H and O–H groups in total. The molecule has 0 spiro atoms. The van der Waals surface area contributed by atoms with Crippen LogP contribution in [0.1, 0.15) is 226 Å². The molecule has 0 saturated heterocycles. The fourth-order valence-corrected chi connectivity index (χ4v) is 6.60. The minimum atomic E-state index is -0.836. The van der Waals surface area contributed by atoms with E-state index in [2.05, 4.69) is 55.6 Å². The van der Waals surface area contributed by atoms with Gasteiger partial charge < -0.3 is 15.5 Å². The van der Waals surface area contributed by atoms with Crippen molar-refractivity contribution in [2.45, 2.75) is 238 Å². The van der Waals surface area contributed by atoms with Gasteiger partial charge in [0.1, 0.15) is 0 Å². The monoisotopic (exact) mass is 714 g/mol. The summed E-state index contributed by atoms with van der Waals surface area (Å²) in [7, 11) is 0. The van der Waals surface area contributed by atoms with Crippen molar-refractivity contribution < 1.29 is 15.0 Å². The number of nitrogens with one attached hydrogen (secondary N) is 1. The third kappa shape index (κ3) is 39.4. The fraction of sp³-hybridized carbons (Fsp3) is 0.809. The third-order valence-corrected chi connectivity index (χ3v) is 10.1. The van der Waals surface area contributed by atoms with Crippen LogP contribution in [0.4, 0.5) is 0 Å². The number of allylic oxidation sites excluding steroid dienone is 7. The molecule has 0 aliphatic heterocycles. The second-order valence-electron chi connectivity index (χ2n) is 15.1. The Morgan fingerprint density at radius 3 is 1.20 bits per heavy atom. The minimum absolute atomic E-state index is 0.0678. The highest BCUT2D eigenvalue weighted by atomic mass is 16.3. The molecule has 0 radical (unpaired) electrons. The summed E-state index contributed by atoms with van der Waals surface area (Å²) in [4.78, 5) is 12.3. The highest BCUT2D eigenvalue weighted by Crippen LogP contribution is 2.15. The summed E-state index contributed by atoms with van der Waals surface area (Å²) in [5.41, 5.74) is 0. The number of unbranched alkanes of at least 4 members (excludes halogenated alkanes) is 27. The zero-order chi connectivity index (χ0) is 37.1. The van der Waals surface area contributed by atoms with Gasteiger partial charge >= 0.3 is 0 Å². The van der Waals surface area contributed by atoms with E-state index in [0.29, 0.717) is 6.42 Å². The summed E-state index contributed by atoms with van der Waals surface area (Å²) in [5, 5.41) is 22.8. The molecule has 1 amide bonds. The van der Waals surface area contributed by atoms with E-state index in [0.717, 1.165) is 38.5 Å². The Bertz CT molecular complexity index is 816. The third-order valence-electron chi connectivity index (χ3n) is 10.1. The van der Waals surface area contributed by atoms with Gasteiger partial charge in [-0.3, -0.25) is 4.79 Å². The highest BCUT2D eigenvalue weighted by molar-refractivity contribution is 5.76. The van der Waals surface area contributed by atoms with Crippen LogP contribution in [-0.2, 0) is 4.79 Å². The molecule has 0 aliphatic rings. The van der Waals surface area contributed by atoms with Crippen LogP contribution < -0.4 is 5.32 Å². The first-order valence-electron chi connectivity index (χ1n) is 22.4. The van der Waals surface area contributed by atoms with Crippen LogP contribution in [-0.4, -0.2) is 34.9 Å². The molecular formula is C47H87NO3. The summed E-state index contributed by atoms with van der Waals surface area (Å²) in [6.07, 6.45) is 58.1. The maximum Gasteiger partial charge on any atom is 0.220 e. The van der Waals surface area contributed by atoms with Crippen molar-refractivity contribution in [3.63, 3.8) is 0 Å². The summed E-state index contributed by atoms with van der Waals surface area (Å²) in [6.45, 7) is 4.25. The molecule has 0 aromatic rings. The first-order valence-corrected chi connectivity index (χ1v) is 22.4. The first kappa shape index (κ1) is 49.4. The Hall–Kier alpha value is -1.65. The van der Waals surface area contributed by atoms with Crippen molar-refractivity contribution in [2.75, 3.05) is 6.61 Å². The van der Waals surface area contributed by atoms with Gasteiger partial charge in [0.25, 0.3) is 0 Å². The number of amides is 1. The summed E-state index contributed by atoms with van der Waals surface area (Å²) in [6, 6.07) is -0.619. The SMILES string of the molecule is CCCCCCC/C=C\C/C=C\C/C=C\CCCCCCCCCCCCCCCCCCC(=O)NC(CO)C(O)/C=C/CCCCCCCC. The van der Waals surface area contributed by atoms with Crippen molar-refractivity contribution in [1.29, 1.82) is 0 Å². The quantitative estimate of drug-likeness (QED) is 0.0437. The molecule has 2 unspecified atom stereocenters. The Labute approximate surface area is 318 Å². The lowest BCUT2D eigenvalue weighted by molar-refractivity contribution is -0.123. The maximum atomic E-state index is 12.3. The van der Waals surface area contributed by atoms with Gasteiger partial charge in [0, 0.05) is 6.42 Å². The normalized spacial score (nSPS) is 13.4. The van der Waals surface area contributed by atoms with E-state index in [9.17, 15) is 15.0 Å². The average molecular weight is 714 g/mol. The van der Waals surface area contributed by atoms with Crippen molar-refractivity contribution in [1.82, 2.24) is 5.32 Å². The molecule has 0 saturated carbocycles. The number of carbonyl (C=O) groups is 1. The van der Waals surface area contributed by atoms with Gasteiger partial charge in [-0.2, -0.15) is 0 Å². The second-order valence-corrected chi connectivity index (χ2v) is 15.1. The van der Waals surface area contributed by atoms with Crippen LogP contribution in [0.3, 0.4) is 0 Å². The molecule has 2 atom stereocenters. The van der Waals surface area contributed by atoms with Crippen LogP contribution in [0.5, 0.6) is 0 Å². The molecule has 0 aromatic heterocycles. The molecule has 0 fully saturated rings. The van der Waals surface area contributed by atoms with Crippen LogP contribution in [0.15, 0.2) is 48.6 Å². The standard InChI is InChI=1S/C47H87NO3/c1-3-5-7-9-11-13-14-15-16-17-18-19-20-21-22-23-24-25-26-27-28-29-30-31-32-33-34-35-37-39-41-43-47(51)48-45(44-49)46(50)42-40-38-36-12-10-8-6-4-2/h14-15,17-18,20-21,40,42,45-46,49-50H,3-13,16,19,22-39,41,43-44H2,1-2H3,(H,48,51)/b15-14-,18-17-,21-20-,42-40+. The topological polar surface area (TPSA) is 69.6 Å². The zero-order valence-electron chi connectivity index (χ0n) is 34.1. The maximum absolute atomic E-state index is 12.3. The van der Waals surface area contributed by atoms with Crippen LogP contribution in [0.25, 0.3) is 0 Å². The largest absolute Gasteiger partial charge is 0.394 e. The lowest BCUT2D eigenvalue weighted by Gasteiger charge is -2.20. The van der Waals surface area contributed by atoms with E-state index in [1.54, 1.807) is 6.08 Å². The van der Waals surface area contributed by atoms with Gasteiger partial charge in [0.2, 0.25) is 5.91 Å². The molecule has 0 aromatic carbocycles. The van der Waals surface area contributed by atoms with E-state index in [1.165, 1.54) is 167 Å². The number of hydrogen-bond acceptors (Lipinski definition) is 3. The molecular weight excluding hydrogens is 627 g/mol. The molecule has 0 aliphatic carbocycles. The van der Waals surface area contributed by atoms with E-state index >= 15 is 0 Å².